The van der Waals surface area contributed by atoms with Crippen LogP contribution >= 0.6 is 22.9 Å². The Balaban J connectivity index is 1.64. The zero-order valence-electron chi connectivity index (χ0n) is 17.9. The average molecular weight is 463 g/mol. The van der Waals surface area contributed by atoms with Crippen molar-refractivity contribution in [3.8, 4) is 33.8 Å². The largest absolute Gasteiger partial charge is 0.226 e. The fourth-order valence-corrected chi connectivity index (χ4v) is 5.58. The van der Waals surface area contributed by atoms with Crippen LogP contribution in [-0.2, 0) is 0 Å². The highest BCUT2D eigenvalue weighted by Gasteiger charge is 2.17. The van der Waals surface area contributed by atoms with Gasteiger partial charge in [0, 0.05) is 26.2 Å². The first-order valence-corrected chi connectivity index (χ1v) is 12.0. The van der Waals surface area contributed by atoms with Crippen LogP contribution in [0.4, 0.5) is 0 Å². The maximum atomic E-state index is 6.30. The molecule has 0 bridgehead atoms. The van der Waals surface area contributed by atoms with Crippen LogP contribution in [0.2, 0.25) is 5.02 Å². The molecule has 2 aromatic heterocycles. The Bertz CT molecular complexity index is 1640. The minimum atomic E-state index is 0.734. The molecule has 0 atom stereocenters. The molecule has 0 aliphatic rings. The minimum absolute atomic E-state index is 0.734. The van der Waals surface area contributed by atoms with Gasteiger partial charge in [0.15, 0.2) is 5.82 Å². The Kier molecular flexibility index (Phi) is 4.94. The van der Waals surface area contributed by atoms with Crippen LogP contribution in [0.15, 0.2) is 97.1 Å². The second-order valence-corrected chi connectivity index (χ2v) is 9.57. The lowest BCUT2D eigenvalue weighted by atomic mass is 9.96. The molecule has 4 heteroatoms. The molecule has 0 aliphatic heterocycles. The van der Waals surface area contributed by atoms with E-state index in [2.05, 4.69) is 67.6 Å². The summed E-state index contributed by atoms with van der Waals surface area (Å²) in [5, 5.41) is 1.90. The second kappa shape index (κ2) is 8.11. The molecule has 0 saturated carbocycles. The van der Waals surface area contributed by atoms with Crippen LogP contribution < -0.4 is 0 Å². The third-order valence-electron chi connectivity index (χ3n) is 5.90. The number of aryl methyl sites for hydroxylation is 1. The minimum Gasteiger partial charge on any atom is -0.226 e. The van der Waals surface area contributed by atoms with Crippen molar-refractivity contribution in [2.45, 2.75) is 6.92 Å². The Morgan fingerprint density at radius 2 is 1.48 bits per heavy atom. The molecule has 0 saturated heterocycles. The van der Waals surface area contributed by atoms with E-state index in [-0.39, 0.29) is 0 Å². The van der Waals surface area contributed by atoms with Crippen LogP contribution in [0.3, 0.4) is 0 Å². The molecular formula is C29H19ClN2S. The van der Waals surface area contributed by atoms with Crippen molar-refractivity contribution in [2.24, 2.45) is 0 Å². The van der Waals surface area contributed by atoms with E-state index in [1.54, 1.807) is 11.3 Å². The molecule has 158 valence electrons. The van der Waals surface area contributed by atoms with Gasteiger partial charge in [-0.2, -0.15) is 0 Å². The molecule has 33 heavy (non-hydrogen) atoms. The summed E-state index contributed by atoms with van der Waals surface area (Å²) in [6, 6.07) is 33.2. The summed E-state index contributed by atoms with van der Waals surface area (Å²) in [5.41, 5.74) is 7.51. The summed E-state index contributed by atoms with van der Waals surface area (Å²) < 4.78 is 2.33. The lowest BCUT2D eigenvalue weighted by Gasteiger charge is -2.11. The summed E-state index contributed by atoms with van der Waals surface area (Å²) in [4.78, 5) is 10.1. The number of benzene rings is 4. The maximum Gasteiger partial charge on any atom is 0.160 e. The molecule has 6 aromatic rings. The van der Waals surface area contributed by atoms with E-state index in [1.165, 1.54) is 15.6 Å². The van der Waals surface area contributed by atoms with Crippen molar-refractivity contribution in [1.29, 1.82) is 0 Å². The molecule has 0 spiro atoms. The van der Waals surface area contributed by atoms with Gasteiger partial charge in [-0.15, -0.1) is 11.3 Å². The van der Waals surface area contributed by atoms with Crippen LogP contribution in [0.25, 0.3) is 54.1 Å². The molecule has 2 heterocycles. The second-order valence-electron chi connectivity index (χ2n) is 8.08. The van der Waals surface area contributed by atoms with Gasteiger partial charge in [-0.1, -0.05) is 84.4 Å². The molecule has 0 radical (unpaired) electrons. The molecule has 4 aromatic carbocycles. The summed E-state index contributed by atoms with van der Waals surface area (Å²) >= 11 is 8.05. The summed E-state index contributed by atoms with van der Waals surface area (Å²) in [5.74, 6) is 0.742. The van der Waals surface area contributed by atoms with E-state index in [9.17, 15) is 0 Å². The van der Waals surface area contributed by atoms with Crippen LogP contribution in [0.5, 0.6) is 0 Å². The highest BCUT2D eigenvalue weighted by molar-refractivity contribution is 7.26. The van der Waals surface area contributed by atoms with E-state index in [1.807, 2.05) is 36.4 Å². The zero-order valence-corrected chi connectivity index (χ0v) is 19.5. The van der Waals surface area contributed by atoms with Gasteiger partial charge in [0.25, 0.3) is 0 Å². The van der Waals surface area contributed by atoms with Crippen LogP contribution in [-0.4, -0.2) is 9.97 Å². The van der Waals surface area contributed by atoms with E-state index in [0.717, 1.165) is 49.0 Å². The van der Waals surface area contributed by atoms with Gasteiger partial charge >= 0.3 is 0 Å². The molecule has 0 fully saturated rings. The Morgan fingerprint density at radius 3 is 2.33 bits per heavy atom. The quantitative estimate of drug-likeness (QED) is 0.262. The summed E-state index contributed by atoms with van der Waals surface area (Å²) in [6.45, 7) is 2.13. The third kappa shape index (κ3) is 3.60. The zero-order chi connectivity index (χ0) is 22.4. The highest BCUT2D eigenvalue weighted by atomic mass is 35.5. The Morgan fingerprint density at radius 1 is 0.697 bits per heavy atom. The molecule has 6 rings (SSSR count). The molecule has 0 N–H and O–H groups in total. The molecule has 0 amide bonds. The normalized spacial score (nSPS) is 11.3. The number of rotatable bonds is 3. The SMILES string of the molecule is Cc1ccc(-c2nc(-c3ccccc3)nc3c2sc2ccccc23)cc1-c1cccc(Cl)c1. The first kappa shape index (κ1) is 20.1. The van der Waals surface area contributed by atoms with Gasteiger partial charge in [0.1, 0.15) is 0 Å². The first-order chi connectivity index (χ1) is 16.2. The van der Waals surface area contributed by atoms with Crippen molar-refractivity contribution in [3.63, 3.8) is 0 Å². The predicted octanol–water partition coefficient (Wildman–Crippen LogP) is 8.81. The lowest BCUT2D eigenvalue weighted by molar-refractivity contribution is 1.24. The van der Waals surface area contributed by atoms with Crippen molar-refractivity contribution in [3.05, 3.63) is 108 Å². The number of nitrogens with zero attached hydrogens (tertiary/aromatic N) is 2. The fraction of sp³-hybridized carbons (Fsp3) is 0.0345. The number of halogens is 1. The third-order valence-corrected chi connectivity index (χ3v) is 7.30. The first-order valence-electron chi connectivity index (χ1n) is 10.8. The van der Waals surface area contributed by atoms with Gasteiger partial charge in [-0.25, -0.2) is 9.97 Å². The van der Waals surface area contributed by atoms with Crippen molar-refractivity contribution in [2.75, 3.05) is 0 Å². The monoisotopic (exact) mass is 462 g/mol. The van der Waals surface area contributed by atoms with E-state index in [4.69, 9.17) is 21.6 Å². The number of hydrogen-bond donors (Lipinski definition) is 0. The molecule has 2 nitrogen and oxygen atoms in total. The van der Waals surface area contributed by atoms with Gasteiger partial charge in [-0.3, -0.25) is 0 Å². The van der Waals surface area contributed by atoms with Gasteiger partial charge < -0.3 is 0 Å². The van der Waals surface area contributed by atoms with Gasteiger partial charge in [0.05, 0.1) is 15.9 Å². The van der Waals surface area contributed by atoms with Crippen LogP contribution in [0.1, 0.15) is 5.56 Å². The predicted molar refractivity (Wildman–Crippen MR) is 141 cm³/mol. The highest BCUT2D eigenvalue weighted by Crippen LogP contribution is 2.40. The smallest absolute Gasteiger partial charge is 0.160 e. The summed E-state index contributed by atoms with van der Waals surface area (Å²) in [7, 11) is 0. The number of fused-ring (bicyclic) bond motifs is 3. The van der Waals surface area contributed by atoms with E-state index in [0.29, 0.717) is 0 Å². The summed E-state index contributed by atoms with van der Waals surface area (Å²) in [6.07, 6.45) is 0. The number of hydrogen-bond acceptors (Lipinski definition) is 3. The number of aromatic nitrogens is 2. The topological polar surface area (TPSA) is 25.8 Å². The van der Waals surface area contributed by atoms with E-state index >= 15 is 0 Å². The Hall–Kier alpha value is -3.53. The Labute approximate surface area is 201 Å². The standard InChI is InChI=1S/C29H19ClN2S/c1-18-14-15-21(17-24(18)20-10-7-11-22(30)16-20)26-28-27(23-12-5-6-13-25(23)33-28)32-29(31-26)19-8-3-2-4-9-19/h2-17H,1H3. The molecular weight excluding hydrogens is 444 g/mol. The van der Waals surface area contributed by atoms with Crippen LogP contribution in [0, 0.1) is 6.92 Å². The van der Waals surface area contributed by atoms with Crippen molar-refractivity contribution >= 4 is 43.2 Å². The molecule has 0 unspecified atom stereocenters. The lowest BCUT2D eigenvalue weighted by Crippen LogP contribution is -1.94. The maximum absolute atomic E-state index is 6.30. The number of thiophene rings is 1. The fourth-order valence-electron chi connectivity index (χ4n) is 4.24. The van der Waals surface area contributed by atoms with E-state index < -0.39 is 0 Å². The van der Waals surface area contributed by atoms with Crippen molar-refractivity contribution in [1.82, 2.24) is 9.97 Å². The van der Waals surface area contributed by atoms with Gasteiger partial charge in [0.2, 0.25) is 0 Å². The molecule has 0 aliphatic carbocycles. The van der Waals surface area contributed by atoms with Gasteiger partial charge in [-0.05, 0) is 47.9 Å². The average Bonchev–Trinajstić information content (AvgIpc) is 3.23. The van der Waals surface area contributed by atoms with Crippen molar-refractivity contribution < 1.29 is 0 Å².